The Morgan fingerprint density at radius 1 is 1.20 bits per heavy atom. The van der Waals surface area contributed by atoms with Crippen LogP contribution in [0, 0.1) is 11.3 Å². The molecule has 2 rings (SSSR count). The lowest BCUT2D eigenvalue weighted by atomic mass is 10.2. The Morgan fingerprint density at radius 2 is 2.00 bits per heavy atom. The lowest BCUT2D eigenvalue weighted by Gasteiger charge is -2.08. The fraction of sp³-hybridized carbons (Fsp3) is 0.200. The Morgan fingerprint density at radius 3 is 2.72 bits per heavy atom. The summed E-state index contributed by atoms with van der Waals surface area (Å²) in [5.41, 5.74) is 1.85. The number of carbonyl (C=O) groups is 1. The number of nitrogens with zero attached hydrogens (tertiary/aromatic N) is 1. The molecule has 0 atom stereocenters. The lowest BCUT2D eigenvalue weighted by molar-refractivity contribution is -0.138. The third-order valence-electron chi connectivity index (χ3n) is 3.34. The highest BCUT2D eigenvalue weighted by Crippen LogP contribution is 2.18. The van der Waals surface area contributed by atoms with Gasteiger partial charge in [0.25, 0.3) is 0 Å². The molecule has 0 fully saturated rings. The Kier molecular flexibility index (Phi) is 7.08. The number of nitrogens with one attached hydrogen (secondary N) is 1. The predicted octanol–water partition coefficient (Wildman–Crippen LogP) is 3.69. The zero-order valence-electron chi connectivity index (χ0n) is 14.1. The molecule has 128 valence electrons. The van der Waals surface area contributed by atoms with Gasteiger partial charge in [-0.2, -0.15) is 5.26 Å². The van der Waals surface area contributed by atoms with Crippen molar-refractivity contribution in [3.63, 3.8) is 0 Å². The van der Waals surface area contributed by atoms with Gasteiger partial charge in [-0.15, -0.1) is 0 Å². The van der Waals surface area contributed by atoms with E-state index in [1.807, 2.05) is 48.5 Å². The zero-order valence-corrected chi connectivity index (χ0v) is 14.1. The normalized spacial score (nSPS) is 10.6. The highest BCUT2D eigenvalue weighted by atomic mass is 16.5. The van der Waals surface area contributed by atoms with E-state index >= 15 is 0 Å². The molecule has 0 radical (unpaired) electrons. The van der Waals surface area contributed by atoms with E-state index in [-0.39, 0.29) is 12.2 Å². The van der Waals surface area contributed by atoms with Gasteiger partial charge in [0.15, 0.2) is 5.57 Å². The first kappa shape index (κ1) is 18.1. The smallest absolute Gasteiger partial charge is 0.350 e. The van der Waals surface area contributed by atoms with Crippen molar-refractivity contribution < 1.29 is 14.3 Å². The number of nitriles is 1. The van der Waals surface area contributed by atoms with Crippen LogP contribution in [0.15, 0.2) is 66.4 Å². The van der Waals surface area contributed by atoms with Gasteiger partial charge >= 0.3 is 5.97 Å². The number of hydrogen-bond donors (Lipinski definition) is 1. The Labute approximate surface area is 147 Å². The highest BCUT2D eigenvalue weighted by Gasteiger charge is 2.09. The molecule has 0 aliphatic heterocycles. The molecule has 2 aromatic carbocycles. The quantitative estimate of drug-likeness (QED) is 0.452. The number of anilines is 1. The van der Waals surface area contributed by atoms with E-state index in [4.69, 9.17) is 14.7 Å². The molecule has 2 aromatic rings. The van der Waals surface area contributed by atoms with Gasteiger partial charge in [-0.1, -0.05) is 36.4 Å². The van der Waals surface area contributed by atoms with E-state index in [0.717, 1.165) is 6.42 Å². The van der Waals surface area contributed by atoms with Crippen molar-refractivity contribution in [2.75, 3.05) is 18.5 Å². The van der Waals surface area contributed by atoms with Crippen molar-refractivity contribution in [2.24, 2.45) is 0 Å². The van der Waals surface area contributed by atoms with Crippen molar-refractivity contribution in [3.8, 4) is 11.8 Å². The van der Waals surface area contributed by atoms with Gasteiger partial charge in [-0.25, -0.2) is 4.79 Å². The highest BCUT2D eigenvalue weighted by molar-refractivity contribution is 5.93. The van der Waals surface area contributed by atoms with Gasteiger partial charge in [0, 0.05) is 24.4 Å². The molecule has 5 heteroatoms. The molecule has 0 saturated carbocycles. The van der Waals surface area contributed by atoms with Crippen LogP contribution < -0.4 is 10.1 Å². The van der Waals surface area contributed by atoms with Crippen molar-refractivity contribution in [2.45, 2.75) is 13.3 Å². The molecule has 5 nitrogen and oxygen atoms in total. The average Bonchev–Trinajstić information content (AvgIpc) is 2.64. The number of esters is 1. The standard InChI is InChI=1S/C20H20N2O3/c1-2-24-20(23)17(14-21)15-22-18-9-6-10-19(13-18)25-12-11-16-7-4-3-5-8-16/h3-10,13,15,22H,2,11-12H2,1H3/b17-15+. The second-order valence-corrected chi connectivity index (χ2v) is 5.15. The summed E-state index contributed by atoms with van der Waals surface area (Å²) in [7, 11) is 0. The van der Waals surface area contributed by atoms with Crippen LogP contribution in [-0.2, 0) is 16.0 Å². The fourth-order valence-electron chi connectivity index (χ4n) is 2.11. The summed E-state index contributed by atoms with van der Waals surface area (Å²) in [5.74, 6) is 0.0664. The summed E-state index contributed by atoms with van der Waals surface area (Å²) in [5, 5.41) is 11.9. The largest absolute Gasteiger partial charge is 0.493 e. The minimum atomic E-state index is -0.646. The molecule has 0 saturated heterocycles. The van der Waals surface area contributed by atoms with Crippen LogP contribution in [0.5, 0.6) is 5.75 Å². The third-order valence-corrected chi connectivity index (χ3v) is 3.34. The van der Waals surface area contributed by atoms with Crippen molar-refractivity contribution in [1.29, 1.82) is 5.26 Å². The molecule has 0 aliphatic carbocycles. The second kappa shape index (κ2) is 9.78. The van der Waals surface area contributed by atoms with Gasteiger partial charge in [0.05, 0.1) is 13.2 Å². The van der Waals surface area contributed by atoms with E-state index in [0.29, 0.717) is 18.0 Å². The molecule has 0 aliphatic rings. The number of ether oxygens (including phenoxy) is 2. The minimum Gasteiger partial charge on any atom is -0.493 e. The average molecular weight is 336 g/mol. The monoisotopic (exact) mass is 336 g/mol. The van der Waals surface area contributed by atoms with E-state index in [2.05, 4.69) is 17.4 Å². The van der Waals surface area contributed by atoms with Crippen molar-refractivity contribution in [1.82, 2.24) is 0 Å². The lowest BCUT2D eigenvalue weighted by Crippen LogP contribution is -2.08. The molecular formula is C20H20N2O3. The second-order valence-electron chi connectivity index (χ2n) is 5.15. The van der Waals surface area contributed by atoms with E-state index in [1.54, 1.807) is 6.92 Å². The van der Waals surface area contributed by atoms with Gasteiger partial charge < -0.3 is 14.8 Å². The summed E-state index contributed by atoms with van der Waals surface area (Å²) < 4.78 is 10.6. The maximum absolute atomic E-state index is 11.6. The molecule has 0 bridgehead atoms. The first-order valence-electron chi connectivity index (χ1n) is 8.03. The number of hydrogen-bond acceptors (Lipinski definition) is 5. The van der Waals surface area contributed by atoms with Gasteiger partial charge in [-0.3, -0.25) is 0 Å². The maximum atomic E-state index is 11.6. The van der Waals surface area contributed by atoms with Crippen molar-refractivity contribution in [3.05, 3.63) is 71.9 Å². The van der Waals surface area contributed by atoms with E-state index in [9.17, 15) is 4.79 Å². The number of benzene rings is 2. The first-order valence-corrected chi connectivity index (χ1v) is 8.03. The van der Waals surface area contributed by atoms with Crippen molar-refractivity contribution >= 4 is 11.7 Å². The zero-order chi connectivity index (χ0) is 17.9. The molecule has 1 N–H and O–H groups in total. The number of carbonyl (C=O) groups excluding carboxylic acids is 1. The molecule has 0 unspecified atom stereocenters. The SMILES string of the molecule is CCOC(=O)/C(C#N)=C/Nc1cccc(OCCc2ccccc2)c1. The Balaban J connectivity index is 1.92. The van der Waals surface area contributed by atoms with Gasteiger partial charge in [0.1, 0.15) is 11.8 Å². The van der Waals surface area contributed by atoms with Crippen LogP contribution >= 0.6 is 0 Å². The maximum Gasteiger partial charge on any atom is 0.350 e. The predicted molar refractivity (Wildman–Crippen MR) is 96.0 cm³/mol. The molecule has 0 aromatic heterocycles. The molecule has 0 spiro atoms. The summed E-state index contributed by atoms with van der Waals surface area (Å²) in [6.45, 7) is 2.48. The van der Waals surface area contributed by atoms with Gasteiger partial charge in [-0.05, 0) is 24.6 Å². The van der Waals surface area contributed by atoms with Crippen LogP contribution in [0.25, 0.3) is 0 Å². The topological polar surface area (TPSA) is 71.4 Å². The van der Waals surface area contributed by atoms with Crippen LogP contribution in [0.4, 0.5) is 5.69 Å². The van der Waals surface area contributed by atoms with Crippen LogP contribution in [0.2, 0.25) is 0 Å². The molecule has 25 heavy (non-hydrogen) atoms. The summed E-state index contributed by atoms with van der Waals surface area (Å²) in [6, 6.07) is 19.3. The molecule has 0 heterocycles. The first-order chi connectivity index (χ1) is 12.2. The van der Waals surface area contributed by atoms with E-state index in [1.165, 1.54) is 11.8 Å². The van der Waals surface area contributed by atoms with E-state index < -0.39 is 5.97 Å². The van der Waals surface area contributed by atoms with Crippen LogP contribution in [0.1, 0.15) is 12.5 Å². The Hall–Kier alpha value is -3.26. The molecule has 0 amide bonds. The molecular weight excluding hydrogens is 316 g/mol. The van der Waals surface area contributed by atoms with Crippen LogP contribution in [-0.4, -0.2) is 19.2 Å². The summed E-state index contributed by atoms with van der Waals surface area (Å²) >= 11 is 0. The number of rotatable bonds is 8. The van der Waals surface area contributed by atoms with Gasteiger partial charge in [0.2, 0.25) is 0 Å². The minimum absolute atomic E-state index is 0.0859. The fourth-order valence-corrected chi connectivity index (χ4v) is 2.11. The van der Waals surface area contributed by atoms with Crippen LogP contribution in [0.3, 0.4) is 0 Å². The summed E-state index contributed by atoms with van der Waals surface area (Å²) in [4.78, 5) is 11.6. The summed E-state index contributed by atoms with van der Waals surface area (Å²) in [6.07, 6.45) is 2.15. The third kappa shape index (κ3) is 6.04. The Bertz CT molecular complexity index is 764.